The molecule has 1 heterocycles. The largest absolute Gasteiger partial charge is 0.368 e. The number of carbonyl (C=O) groups is 2. The van der Waals surface area contributed by atoms with E-state index in [1.165, 1.54) is 0 Å². The summed E-state index contributed by atoms with van der Waals surface area (Å²) in [7, 11) is 0. The first-order chi connectivity index (χ1) is 13.3. The van der Waals surface area contributed by atoms with Gasteiger partial charge in [-0.2, -0.15) is 0 Å². The fourth-order valence-corrected chi connectivity index (χ4v) is 3.74. The monoisotopic (exact) mass is 463 g/mol. The van der Waals surface area contributed by atoms with Crippen LogP contribution in [0.25, 0.3) is 0 Å². The molecule has 2 aromatic rings. The van der Waals surface area contributed by atoms with Crippen LogP contribution in [0.1, 0.15) is 24.2 Å². The number of hydrogen-bond donors (Lipinski definition) is 1. The topological polar surface area (TPSA) is 52.7 Å². The second kappa shape index (κ2) is 8.97. The minimum atomic E-state index is -0.250. The smallest absolute Gasteiger partial charge is 0.257 e. The molecular weight excluding hydrogens is 442 g/mol. The molecule has 148 valence electrons. The summed E-state index contributed by atoms with van der Waals surface area (Å²) in [6.45, 7) is 6.94. The van der Waals surface area contributed by atoms with E-state index >= 15 is 0 Å². The highest BCUT2D eigenvalue weighted by Crippen LogP contribution is 2.24. The first-order valence-electron chi connectivity index (χ1n) is 9.25. The zero-order valence-corrected chi connectivity index (χ0v) is 18.3. The molecule has 1 aliphatic heterocycles. The molecule has 3 rings (SSSR count). The second-order valence-corrected chi connectivity index (χ2v) is 8.42. The van der Waals surface area contributed by atoms with Crippen LogP contribution in [0.2, 0.25) is 5.02 Å². The molecule has 2 amide bonds. The fraction of sp³-hybridized carbons (Fsp3) is 0.333. The summed E-state index contributed by atoms with van der Waals surface area (Å²) >= 11 is 9.48. The van der Waals surface area contributed by atoms with E-state index in [2.05, 4.69) is 26.1 Å². The van der Waals surface area contributed by atoms with E-state index in [0.717, 1.165) is 36.3 Å². The standard InChI is InChI=1S/C21H23BrClN3O2/c1-14(2)21(28)26-11-9-25(10-12-26)17-6-4-16(5-7-17)24-20(27)18-13-15(22)3-8-19(18)23/h3-8,13-14H,9-12H2,1-2H3,(H,24,27). The quantitative estimate of drug-likeness (QED) is 0.716. The van der Waals surface area contributed by atoms with Crippen molar-refractivity contribution >= 4 is 50.7 Å². The van der Waals surface area contributed by atoms with Gasteiger partial charge in [-0.3, -0.25) is 9.59 Å². The molecule has 7 heteroatoms. The minimum absolute atomic E-state index is 0.0354. The SMILES string of the molecule is CC(C)C(=O)N1CCN(c2ccc(NC(=O)c3cc(Br)ccc3Cl)cc2)CC1. The lowest BCUT2D eigenvalue weighted by Crippen LogP contribution is -2.49. The van der Waals surface area contributed by atoms with Gasteiger partial charge in [0, 0.05) is 47.9 Å². The first-order valence-corrected chi connectivity index (χ1v) is 10.4. The minimum Gasteiger partial charge on any atom is -0.368 e. The molecule has 1 saturated heterocycles. The van der Waals surface area contributed by atoms with Crippen LogP contribution in [0.4, 0.5) is 11.4 Å². The summed E-state index contributed by atoms with van der Waals surface area (Å²) in [5.41, 5.74) is 2.21. The van der Waals surface area contributed by atoms with Crippen molar-refractivity contribution in [2.75, 3.05) is 36.4 Å². The molecule has 0 spiro atoms. The summed E-state index contributed by atoms with van der Waals surface area (Å²) in [6, 6.07) is 12.9. The molecule has 1 aliphatic rings. The number of carbonyl (C=O) groups excluding carboxylic acids is 2. The maximum Gasteiger partial charge on any atom is 0.257 e. The highest BCUT2D eigenvalue weighted by molar-refractivity contribution is 9.10. The average Bonchev–Trinajstić information content (AvgIpc) is 2.70. The van der Waals surface area contributed by atoms with Gasteiger partial charge >= 0.3 is 0 Å². The average molecular weight is 465 g/mol. The van der Waals surface area contributed by atoms with Crippen LogP contribution in [-0.2, 0) is 4.79 Å². The van der Waals surface area contributed by atoms with Crippen molar-refractivity contribution in [2.24, 2.45) is 5.92 Å². The van der Waals surface area contributed by atoms with Gasteiger partial charge in [0.2, 0.25) is 5.91 Å². The van der Waals surface area contributed by atoms with Crippen LogP contribution in [0.3, 0.4) is 0 Å². The summed E-state index contributed by atoms with van der Waals surface area (Å²) in [5, 5.41) is 3.28. The summed E-state index contributed by atoms with van der Waals surface area (Å²) in [5.74, 6) is -0.00281. The van der Waals surface area contributed by atoms with Crippen molar-refractivity contribution in [3.05, 3.63) is 57.5 Å². The third-order valence-corrected chi connectivity index (χ3v) is 5.57. The Hall–Kier alpha value is -2.05. The van der Waals surface area contributed by atoms with Gasteiger partial charge in [-0.25, -0.2) is 0 Å². The highest BCUT2D eigenvalue weighted by Gasteiger charge is 2.23. The molecule has 1 fully saturated rings. The lowest BCUT2D eigenvalue weighted by Gasteiger charge is -2.37. The van der Waals surface area contributed by atoms with E-state index in [-0.39, 0.29) is 17.7 Å². The Labute approximate surface area is 178 Å². The number of benzene rings is 2. The lowest BCUT2D eigenvalue weighted by molar-refractivity contribution is -0.134. The van der Waals surface area contributed by atoms with Crippen LogP contribution in [-0.4, -0.2) is 42.9 Å². The second-order valence-electron chi connectivity index (χ2n) is 7.09. The van der Waals surface area contributed by atoms with Gasteiger partial charge in [-0.05, 0) is 42.5 Å². The van der Waals surface area contributed by atoms with Gasteiger partial charge in [0.05, 0.1) is 10.6 Å². The van der Waals surface area contributed by atoms with Gasteiger partial charge < -0.3 is 15.1 Å². The molecule has 0 radical (unpaired) electrons. The number of halogens is 2. The van der Waals surface area contributed by atoms with Crippen molar-refractivity contribution in [3.8, 4) is 0 Å². The Morgan fingerprint density at radius 3 is 2.29 bits per heavy atom. The van der Waals surface area contributed by atoms with Crippen LogP contribution < -0.4 is 10.2 Å². The molecule has 0 aromatic heterocycles. The van der Waals surface area contributed by atoms with E-state index in [1.54, 1.807) is 18.2 Å². The van der Waals surface area contributed by atoms with Gasteiger partial charge in [-0.1, -0.05) is 41.4 Å². The number of hydrogen-bond acceptors (Lipinski definition) is 3. The normalized spacial score (nSPS) is 14.3. The van der Waals surface area contributed by atoms with E-state index < -0.39 is 0 Å². The van der Waals surface area contributed by atoms with Gasteiger partial charge in [0.1, 0.15) is 0 Å². The van der Waals surface area contributed by atoms with E-state index in [9.17, 15) is 9.59 Å². The van der Waals surface area contributed by atoms with Crippen molar-refractivity contribution < 1.29 is 9.59 Å². The third kappa shape index (κ3) is 4.86. The van der Waals surface area contributed by atoms with E-state index in [4.69, 9.17) is 11.6 Å². The van der Waals surface area contributed by atoms with Crippen molar-refractivity contribution in [1.82, 2.24) is 4.90 Å². The predicted molar refractivity (Wildman–Crippen MR) is 117 cm³/mol. The van der Waals surface area contributed by atoms with Crippen LogP contribution in [0.15, 0.2) is 46.9 Å². The Morgan fingerprint density at radius 1 is 1.04 bits per heavy atom. The number of nitrogens with one attached hydrogen (secondary N) is 1. The van der Waals surface area contributed by atoms with Gasteiger partial charge in [-0.15, -0.1) is 0 Å². The van der Waals surface area contributed by atoms with Crippen LogP contribution in [0, 0.1) is 5.92 Å². The molecule has 5 nitrogen and oxygen atoms in total. The number of amides is 2. The Morgan fingerprint density at radius 2 is 1.68 bits per heavy atom. The van der Waals surface area contributed by atoms with Gasteiger partial charge in [0.15, 0.2) is 0 Å². The first kappa shape index (κ1) is 20.7. The van der Waals surface area contributed by atoms with Crippen molar-refractivity contribution in [3.63, 3.8) is 0 Å². The van der Waals surface area contributed by atoms with Crippen LogP contribution in [0.5, 0.6) is 0 Å². The molecule has 0 saturated carbocycles. The Kier molecular flexibility index (Phi) is 6.62. The number of anilines is 2. The molecule has 28 heavy (non-hydrogen) atoms. The maximum atomic E-state index is 12.5. The molecule has 0 bridgehead atoms. The number of rotatable bonds is 4. The zero-order chi connectivity index (χ0) is 20.3. The third-order valence-electron chi connectivity index (χ3n) is 4.75. The number of piperazine rings is 1. The fourth-order valence-electron chi connectivity index (χ4n) is 3.18. The highest BCUT2D eigenvalue weighted by atomic mass is 79.9. The van der Waals surface area contributed by atoms with Crippen molar-refractivity contribution in [1.29, 1.82) is 0 Å². The summed E-state index contributed by atoms with van der Waals surface area (Å²) < 4.78 is 0.799. The molecule has 0 aliphatic carbocycles. The van der Waals surface area contributed by atoms with Crippen molar-refractivity contribution in [2.45, 2.75) is 13.8 Å². The Balaban J connectivity index is 1.60. The zero-order valence-electron chi connectivity index (χ0n) is 15.9. The van der Waals surface area contributed by atoms with E-state index in [0.29, 0.717) is 16.3 Å². The molecule has 1 N–H and O–H groups in total. The number of nitrogens with zero attached hydrogens (tertiary/aromatic N) is 2. The van der Waals surface area contributed by atoms with E-state index in [1.807, 2.05) is 43.0 Å². The maximum absolute atomic E-state index is 12.5. The molecule has 2 aromatic carbocycles. The summed E-state index contributed by atoms with van der Waals surface area (Å²) in [6.07, 6.45) is 0. The summed E-state index contributed by atoms with van der Waals surface area (Å²) in [4.78, 5) is 28.7. The predicted octanol–water partition coefficient (Wildman–Crippen LogP) is 4.66. The molecule has 0 unspecified atom stereocenters. The lowest BCUT2D eigenvalue weighted by atomic mass is 10.1. The Bertz CT molecular complexity index is 862. The van der Waals surface area contributed by atoms with Gasteiger partial charge in [0.25, 0.3) is 5.91 Å². The van der Waals surface area contributed by atoms with Crippen LogP contribution >= 0.6 is 27.5 Å². The molecular formula is C21H23BrClN3O2. The molecule has 0 atom stereocenters.